The molecule has 0 radical (unpaired) electrons. The van der Waals surface area contributed by atoms with E-state index in [2.05, 4.69) is 38.0 Å². The van der Waals surface area contributed by atoms with E-state index in [0.717, 1.165) is 6.54 Å². The van der Waals surface area contributed by atoms with Gasteiger partial charge < -0.3 is 11.1 Å². The first-order chi connectivity index (χ1) is 7.37. The third-order valence-corrected chi connectivity index (χ3v) is 3.28. The van der Waals surface area contributed by atoms with E-state index in [-0.39, 0.29) is 29.5 Å². The molecule has 1 saturated carbocycles. The SMILES string of the molecule is CCCC1(CN=C(N)NC(C)(C)C)CCC1.I. The van der Waals surface area contributed by atoms with Gasteiger partial charge in [0.05, 0.1) is 0 Å². The van der Waals surface area contributed by atoms with Gasteiger partial charge in [-0.15, -0.1) is 24.0 Å². The van der Waals surface area contributed by atoms with Crippen LogP contribution in [-0.2, 0) is 0 Å². The molecule has 0 heterocycles. The Kier molecular flexibility index (Phi) is 6.81. The highest BCUT2D eigenvalue weighted by atomic mass is 127. The molecule has 17 heavy (non-hydrogen) atoms. The van der Waals surface area contributed by atoms with Crippen LogP contribution in [0.1, 0.15) is 59.8 Å². The van der Waals surface area contributed by atoms with Crippen LogP contribution in [0.4, 0.5) is 0 Å². The predicted octanol–water partition coefficient (Wildman–Crippen LogP) is 3.28. The highest BCUT2D eigenvalue weighted by molar-refractivity contribution is 14.0. The van der Waals surface area contributed by atoms with E-state index in [1.54, 1.807) is 0 Å². The molecule has 0 bridgehead atoms. The summed E-state index contributed by atoms with van der Waals surface area (Å²) in [5.74, 6) is 0.592. The summed E-state index contributed by atoms with van der Waals surface area (Å²) in [6.45, 7) is 9.44. The van der Waals surface area contributed by atoms with Crippen molar-refractivity contribution in [3.8, 4) is 0 Å². The predicted molar refractivity (Wildman–Crippen MR) is 86.0 cm³/mol. The van der Waals surface area contributed by atoms with Crippen LogP contribution >= 0.6 is 24.0 Å². The molecule has 3 N–H and O–H groups in total. The number of guanidine groups is 1. The normalized spacial score (nSPS) is 19.2. The average molecular weight is 353 g/mol. The number of nitrogens with one attached hydrogen (secondary N) is 1. The second kappa shape index (κ2) is 6.81. The van der Waals surface area contributed by atoms with Crippen molar-refractivity contribution in [2.75, 3.05) is 6.54 Å². The maximum absolute atomic E-state index is 5.88. The quantitative estimate of drug-likeness (QED) is 0.463. The molecule has 0 saturated heterocycles. The van der Waals surface area contributed by atoms with Crippen LogP contribution in [0.15, 0.2) is 4.99 Å². The van der Waals surface area contributed by atoms with E-state index in [0.29, 0.717) is 11.4 Å². The molecule has 1 aliphatic carbocycles. The van der Waals surface area contributed by atoms with Crippen molar-refractivity contribution in [1.82, 2.24) is 5.32 Å². The van der Waals surface area contributed by atoms with Crippen molar-refractivity contribution >= 4 is 29.9 Å². The molecule has 0 aromatic heterocycles. The second-order valence-electron chi connectivity index (χ2n) is 6.18. The summed E-state index contributed by atoms with van der Waals surface area (Å²) in [7, 11) is 0. The lowest BCUT2D eigenvalue weighted by Crippen LogP contribution is -2.45. The number of rotatable bonds is 4. The first-order valence-electron chi connectivity index (χ1n) is 6.45. The molecule has 0 aromatic carbocycles. The van der Waals surface area contributed by atoms with Crippen molar-refractivity contribution in [1.29, 1.82) is 0 Å². The summed E-state index contributed by atoms with van der Waals surface area (Å²) in [6, 6.07) is 0. The molecule has 1 fully saturated rings. The summed E-state index contributed by atoms with van der Waals surface area (Å²) in [5.41, 5.74) is 6.36. The molecule has 0 unspecified atom stereocenters. The summed E-state index contributed by atoms with van der Waals surface area (Å²) in [5, 5.41) is 3.21. The Morgan fingerprint density at radius 3 is 2.29 bits per heavy atom. The summed E-state index contributed by atoms with van der Waals surface area (Å²) in [6.07, 6.45) is 6.56. The first kappa shape index (κ1) is 17.0. The van der Waals surface area contributed by atoms with Crippen LogP contribution in [0.2, 0.25) is 0 Å². The van der Waals surface area contributed by atoms with Crippen molar-refractivity contribution in [2.45, 2.75) is 65.3 Å². The van der Waals surface area contributed by atoms with E-state index in [4.69, 9.17) is 5.73 Å². The van der Waals surface area contributed by atoms with E-state index < -0.39 is 0 Å². The minimum absolute atomic E-state index is 0. The molecular formula is C13H28IN3. The fraction of sp³-hybridized carbons (Fsp3) is 0.923. The molecule has 3 nitrogen and oxygen atoms in total. The van der Waals surface area contributed by atoms with Gasteiger partial charge in [0.2, 0.25) is 0 Å². The zero-order valence-electron chi connectivity index (χ0n) is 11.7. The zero-order chi connectivity index (χ0) is 12.2. The molecule has 0 atom stereocenters. The van der Waals surface area contributed by atoms with Gasteiger partial charge in [-0.2, -0.15) is 0 Å². The minimum Gasteiger partial charge on any atom is -0.370 e. The molecule has 0 aliphatic heterocycles. The van der Waals surface area contributed by atoms with Crippen LogP contribution in [0.5, 0.6) is 0 Å². The van der Waals surface area contributed by atoms with Gasteiger partial charge in [-0.1, -0.05) is 19.8 Å². The third kappa shape index (κ3) is 5.93. The Hall–Kier alpha value is 0. The lowest BCUT2D eigenvalue weighted by atomic mass is 9.66. The van der Waals surface area contributed by atoms with Gasteiger partial charge in [0.15, 0.2) is 5.96 Å². The van der Waals surface area contributed by atoms with Crippen molar-refractivity contribution < 1.29 is 0 Å². The van der Waals surface area contributed by atoms with E-state index >= 15 is 0 Å². The van der Waals surface area contributed by atoms with Gasteiger partial charge >= 0.3 is 0 Å². The molecule has 1 rings (SSSR count). The number of nitrogens with two attached hydrogens (primary N) is 1. The Morgan fingerprint density at radius 1 is 1.35 bits per heavy atom. The molecule has 102 valence electrons. The Morgan fingerprint density at radius 2 is 1.94 bits per heavy atom. The fourth-order valence-electron chi connectivity index (χ4n) is 2.37. The van der Waals surface area contributed by atoms with E-state index in [1.807, 2.05) is 0 Å². The summed E-state index contributed by atoms with van der Waals surface area (Å²) < 4.78 is 0. The maximum atomic E-state index is 5.88. The van der Waals surface area contributed by atoms with Gasteiger partial charge in [-0.25, -0.2) is 0 Å². The van der Waals surface area contributed by atoms with E-state index in [1.165, 1.54) is 32.1 Å². The number of hydrogen-bond donors (Lipinski definition) is 2. The maximum Gasteiger partial charge on any atom is 0.189 e. The summed E-state index contributed by atoms with van der Waals surface area (Å²) >= 11 is 0. The van der Waals surface area contributed by atoms with Gasteiger partial charge in [-0.3, -0.25) is 4.99 Å². The number of halogens is 1. The third-order valence-electron chi connectivity index (χ3n) is 3.28. The second-order valence-corrected chi connectivity index (χ2v) is 6.18. The summed E-state index contributed by atoms with van der Waals surface area (Å²) in [4.78, 5) is 4.51. The van der Waals surface area contributed by atoms with Crippen LogP contribution in [0.3, 0.4) is 0 Å². The Balaban J connectivity index is 0.00000256. The van der Waals surface area contributed by atoms with Crippen LogP contribution in [0.25, 0.3) is 0 Å². The Bertz CT molecular complexity index is 252. The minimum atomic E-state index is 0. The first-order valence-corrected chi connectivity index (χ1v) is 6.45. The lowest BCUT2D eigenvalue weighted by Gasteiger charge is -2.41. The molecule has 4 heteroatoms. The van der Waals surface area contributed by atoms with Gasteiger partial charge in [0, 0.05) is 12.1 Å². The largest absolute Gasteiger partial charge is 0.370 e. The number of nitrogens with zero attached hydrogens (tertiary/aromatic N) is 1. The molecule has 0 aromatic rings. The van der Waals surface area contributed by atoms with Crippen LogP contribution in [-0.4, -0.2) is 18.0 Å². The van der Waals surface area contributed by atoms with Gasteiger partial charge in [-0.05, 0) is 45.4 Å². The molecule has 0 amide bonds. The fourth-order valence-corrected chi connectivity index (χ4v) is 2.37. The van der Waals surface area contributed by atoms with E-state index in [9.17, 15) is 0 Å². The van der Waals surface area contributed by atoms with Crippen molar-refractivity contribution in [3.63, 3.8) is 0 Å². The smallest absolute Gasteiger partial charge is 0.189 e. The molecule has 0 spiro atoms. The van der Waals surface area contributed by atoms with Crippen molar-refractivity contribution in [3.05, 3.63) is 0 Å². The number of hydrogen-bond acceptors (Lipinski definition) is 1. The average Bonchev–Trinajstić information content (AvgIpc) is 2.06. The van der Waals surface area contributed by atoms with Gasteiger partial charge in [0.25, 0.3) is 0 Å². The van der Waals surface area contributed by atoms with Crippen LogP contribution in [0, 0.1) is 5.41 Å². The van der Waals surface area contributed by atoms with Crippen molar-refractivity contribution in [2.24, 2.45) is 16.1 Å². The zero-order valence-corrected chi connectivity index (χ0v) is 14.0. The standard InChI is InChI=1S/C13H27N3.HI/c1-5-7-13(8-6-9-13)10-15-11(14)16-12(2,3)4;/h5-10H2,1-4H3,(H3,14,15,16);1H. The van der Waals surface area contributed by atoms with Gasteiger partial charge in [0.1, 0.15) is 0 Å². The molecule has 1 aliphatic rings. The molecular weight excluding hydrogens is 325 g/mol. The highest BCUT2D eigenvalue weighted by Gasteiger charge is 2.35. The topological polar surface area (TPSA) is 50.4 Å². The highest BCUT2D eigenvalue weighted by Crippen LogP contribution is 2.44. The lowest BCUT2D eigenvalue weighted by molar-refractivity contribution is 0.130. The number of aliphatic imine (C=N–C) groups is 1. The monoisotopic (exact) mass is 353 g/mol. The van der Waals surface area contributed by atoms with Crippen LogP contribution < -0.4 is 11.1 Å². The Labute approximate surface area is 123 Å².